The molecule has 1 fully saturated rings. The minimum Gasteiger partial charge on any atom is -0.445 e. The molecule has 144 valence electrons. The molecule has 1 aliphatic carbocycles. The number of aromatic nitrogens is 2. The maximum absolute atomic E-state index is 12.4. The molecule has 1 aromatic carbocycles. The van der Waals surface area contributed by atoms with E-state index >= 15 is 0 Å². The van der Waals surface area contributed by atoms with E-state index in [0.717, 1.165) is 24.1 Å². The minimum absolute atomic E-state index is 0.216. The third-order valence-corrected chi connectivity index (χ3v) is 5.79. The number of ether oxygens (including phenoxy) is 1. The average Bonchev–Trinajstić information content (AvgIpc) is 3.42. The van der Waals surface area contributed by atoms with E-state index < -0.39 is 15.1 Å². The predicted octanol–water partition coefficient (Wildman–Crippen LogP) is 2.98. The zero-order valence-corrected chi connectivity index (χ0v) is 16.2. The summed E-state index contributed by atoms with van der Waals surface area (Å²) in [5.41, 5.74) is 2.41. The van der Waals surface area contributed by atoms with Crippen LogP contribution < -0.4 is 0 Å². The van der Waals surface area contributed by atoms with E-state index in [4.69, 9.17) is 15.4 Å². The summed E-state index contributed by atoms with van der Waals surface area (Å²) < 4.78 is 30.5. The van der Waals surface area contributed by atoms with E-state index in [1.54, 1.807) is 4.90 Å². The van der Waals surface area contributed by atoms with Gasteiger partial charge < -0.3 is 9.30 Å². The summed E-state index contributed by atoms with van der Waals surface area (Å²) in [5.74, 6) is 0.761. The predicted molar refractivity (Wildman–Crippen MR) is 99.7 cm³/mol. The van der Waals surface area contributed by atoms with Gasteiger partial charge in [0.1, 0.15) is 18.2 Å². The number of hydrogen-bond donors (Lipinski definition) is 0. The lowest BCUT2D eigenvalue weighted by molar-refractivity contribution is 0.0860. The molecule has 1 aromatic heterocycles. The summed E-state index contributed by atoms with van der Waals surface area (Å²) in [6, 6.07) is 9.50. The van der Waals surface area contributed by atoms with Crippen molar-refractivity contribution in [2.75, 3.05) is 6.54 Å². The monoisotopic (exact) mass is 409 g/mol. The Labute approximate surface area is 162 Å². The molecule has 0 spiro atoms. The van der Waals surface area contributed by atoms with Gasteiger partial charge in [-0.2, -0.15) is 0 Å². The molecule has 0 N–H and O–H groups in total. The minimum atomic E-state index is -3.67. The van der Waals surface area contributed by atoms with Gasteiger partial charge in [-0.25, -0.2) is 18.2 Å². The molecule has 2 aliphatic rings. The Morgan fingerprint density at radius 1 is 1.22 bits per heavy atom. The Morgan fingerprint density at radius 2 is 1.96 bits per heavy atom. The Bertz CT molecular complexity index is 954. The van der Waals surface area contributed by atoms with Crippen LogP contribution in [0.25, 0.3) is 0 Å². The van der Waals surface area contributed by atoms with E-state index in [2.05, 4.69) is 4.98 Å². The molecule has 4 rings (SSSR count). The van der Waals surface area contributed by atoms with Gasteiger partial charge >= 0.3 is 6.09 Å². The smallest absolute Gasteiger partial charge is 0.410 e. The highest BCUT2D eigenvalue weighted by Crippen LogP contribution is 2.42. The molecule has 1 saturated carbocycles. The zero-order chi connectivity index (χ0) is 19.0. The number of carbonyl (C=O) groups is 1. The van der Waals surface area contributed by atoms with Crippen molar-refractivity contribution >= 4 is 25.8 Å². The molecule has 0 atom stereocenters. The van der Waals surface area contributed by atoms with Crippen LogP contribution in [0.2, 0.25) is 0 Å². The quantitative estimate of drug-likeness (QED) is 0.709. The molecule has 2 aromatic rings. The van der Waals surface area contributed by atoms with Crippen molar-refractivity contribution in [3.05, 3.63) is 53.1 Å². The summed E-state index contributed by atoms with van der Waals surface area (Å²) in [6.45, 7) is 1.44. The maximum Gasteiger partial charge on any atom is 0.410 e. The first-order valence-electron chi connectivity index (χ1n) is 8.87. The molecule has 1 amide bonds. The third-order valence-electron chi connectivity index (χ3n) is 4.84. The fraction of sp³-hybridized carbons (Fsp3) is 0.444. The van der Waals surface area contributed by atoms with E-state index in [1.165, 1.54) is 0 Å². The first-order valence-corrected chi connectivity index (χ1v) is 11.3. The van der Waals surface area contributed by atoms with Crippen LogP contribution in [0, 0.1) is 0 Å². The summed E-state index contributed by atoms with van der Waals surface area (Å²) in [4.78, 5) is 18.6. The lowest BCUT2D eigenvalue weighted by Gasteiger charge is -2.27. The SMILES string of the molecule is O=C(OCc1ccccc1)N1CCn2c(nc(C3CC3)c2CS(=O)(=O)Cl)C1. The first kappa shape index (κ1) is 18.3. The number of rotatable bonds is 5. The topological polar surface area (TPSA) is 81.5 Å². The molecule has 0 radical (unpaired) electrons. The van der Waals surface area contributed by atoms with Crippen molar-refractivity contribution < 1.29 is 17.9 Å². The fourth-order valence-electron chi connectivity index (χ4n) is 3.38. The number of nitrogens with zero attached hydrogens (tertiary/aromatic N) is 3. The van der Waals surface area contributed by atoms with Crippen molar-refractivity contribution in [3.63, 3.8) is 0 Å². The highest BCUT2D eigenvalue weighted by Gasteiger charge is 2.35. The fourth-order valence-corrected chi connectivity index (χ4v) is 4.32. The first-order chi connectivity index (χ1) is 12.9. The standard InChI is InChI=1S/C18H20ClN3O4S/c19-27(24,25)12-15-17(14-6-7-14)20-16-10-21(8-9-22(15)16)18(23)26-11-13-4-2-1-3-5-13/h1-5,14H,6-12H2. The molecule has 9 heteroatoms. The van der Waals surface area contributed by atoms with E-state index in [0.29, 0.717) is 37.1 Å². The van der Waals surface area contributed by atoms with E-state index in [9.17, 15) is 13.2 Å². The molecule has 27 heavy (non-hydrogen) atoms. The van der Waals surface area contributed by atoms with Gasteiger partial charge in [-0.05, 0) is 18.4 Å². The van der Waals surface area contributed by atoms with Crippen LogP contribution in [-0.4, -0.2) is 35.5 Å². The van der Waals surface area contributed by atoms with Crippen molar-refractivity contribution in [2.45, 2.75) is 44.2 Å². The van der Waals surface area contributed by atoms with Crippen LogP contribution in [0.5, 0.6) is 0 Å². The van der Waals surface area contributed by atoms with Crippen LogP contribution in [0.3, 0.4) is 0 Å². The molecule has 0 bridgehead atoms. The molecule has 7 nitrogen and oxygen atoms in total. The number of halogens is 1. The molecule has 0 saturated heterocycles. The maximum atomic E-state index is 12.4. The van der Waals surface area contributed by atoms with Crippen molar-refractivity contribution in [1.82, 2.24) is 14.5 Å². The van der Waals surface area contributed by atoms with Crippen molar-refractivity contribution in [1.29, 1.82) is 0 Å². The van der Waals surface area contributed by atoms with Crippen molar-refractivity contribution in [3.8, 4) is 0 Å². The van der Waals surface area contributed by atoms with Crippen LogP contribution >= 0.6 is 10.7 Å². The van der Waals surface area contributed by atoms with Gasteiger partial charge in [0, 0.05) is 29.7 Å². The second-order valence-electron chi connectivity index (χ2n) is 6.93. The van der Waals surface area contributed by atoms with E-state index in [1.807, 2.05) is 34.9 Å². The van der Waals surface area contributed by atoms with Gasteiger partial charge in [0.25, 0.3) is 0 Å². The van der Waals surface area contributed by atoms with Crippen LogP contribution in [0.15, 0.2) is 30.3 Å². The van der Waals surface area contributed by atoms with Crippen LogP contribution in [0.1, 0.15) is 41.5 Å². The van der Waals surface area contributed by atoms with Gasteiger partial charge in [-0.15, -0.1) is 0 Å². The number of amides is 1. The molecular formula is C18H20ClN3O4S. The zero-order valence-electron chi connectivity index (χ0n) is 14.7. The number of fused-ring (bicyclic) bond motifs is 1. The normalized spacial score (nSPS) is 16.9. The van der Waals surface area contributed by atoms with Crippen molar-refractivity contribution in [2.24, 2.45) is 0 Å². The van der Waals surface area contributed by atoms with Gasteiger partial charge in [-0.3, -0.25) is 4.90 Å². The van der Waals surface area contributed by atoms with Crippen LogP contribution in [-0.2, 0) is 39.2 Å². The van der Waals surface area contributed by atoms with Gasteiger partial charge in [-0.1, -0.05) is 30.3 Å². The summed E-state index contributed by atoms with van der Waals surface area (Å²) in [5, 5.41) is 0. The van der Waals surface area contributed by atoms with E-state index in [-0.39, 0.29) is 12.4 Å². The number of imidazole rings is 1. The van der Waals surface area contributed by atoms with Gasteiger partial charge in [0.15, 0.2) is 0 Å². The number of benzene rings is 1. The lowest BCUT2D eigenvalue weighted by atomic mass is 10.2. The number of carbonyl (C=O) groups excluding carboxylic acids is 1. The molecule has 0 unspecified atom stereocenters. The molecule has 2 heterocycles. The molecular weight excluding hydrogens is 390 g/mol. The average molecular weight is 410 g/mol. The third kappa shape index (κ3) is 4.27. The Balaban J connectivity index is 1.48. The second kappa shape index (κ2) is 7.16. The lowest BCUT2D eigenvalue weighted by Crippen LogP contribution is -2.39. The largest absolute Gasteiger partial charge is 0.445 e. The highest BCUT2D eigenvalue weighted by atomic mass is 35.7. The highest BCUT2D eigenvalue weighted by molar-refractivity contribution is 8.13. The van der Waals surface area contributed by atoms with Crippen LogP contribution in [0.4, 0.5) is 4.79 Å². The van der Waals surface area contributed by atoms with Gasteiger partial charge in [0.2, 0.25) is 9.05 Å². The Hall–Kier alpha value is -2.06. The summed E-state index contributed by atoms with van der Waals surface area (Å²) >= 11 is 0. The number of hydrogen-bond acceptors (Lipinski definition) is 5. The molecule has 1 aliphatic heterocycles. The Morgan fingerprint density at radius 3 is 2.63 bits per heavy atom. The van der Waals surface area contributed by atoms with Gasteiger partial charge in [0.05, 0.1) is 17.9 Å². The summed E-state index contributed by atoms with van der Waals surface area (Å²) in [6.07, 6.45) is 1.62. The Kier molecular flexibility index (Phi) is 4.86. The second-order valence-corrected chi connectivity index (χ2v) is 9.71. The summed E-state index contributed by atoms with van der Waals surface area (Å²) in [7, 11) is 1.82.